The molecule has 0 radical (unpaired) electrons. The van der Waals surface area contributed by atoms with Crippen LogP contribution in [0.2, 0.25) is 0 Å². The lowest BCUT2D eigenvalue weighted by Crippen LogP contribution is -2.36. The number of carbonyl (C=O) groups excluding carboxylic acids is 2. The van der Waals surface area contributed by atoms with E-state index in [4.69, 9.17) is 14.2 Å². The number of aromatic nitrogens is 2. The quantitative estimate of drug-likeness (QED) is 0.0532. The van der Waals surface area contributed by atoms with Crippen molar-refractivity contribution in [2.24, 2.45) is 0 Å². The van der Waals surface area contributed by atoms with Crippen molar-refractivity contribution in [3.8, 4) is 0 Å². The smallest absolute Gasteiger partial charge is 0.306 e. The van der Waals surface area contributed by atoms with Crippen LogP contribution in [0.5, 0.6) is 0 Å². The number of aromatic amines is 1. The molecule has 0 aliphatic heterocycles. The normalized spacial score (nSPS) is 11.3. The zero-order chi connectivity index (χ0) is 37.4. The van der Waals surface area contributed by atoms with Gasteiger partial charge in [0, 0.05) is 25.0 Å². The van der Waals surface area contributed by atoms with Gasteiger partial charge < -0.3 is 24.1 Å². The SMILES string of the molecule is CCCCCCCCCCCCCCCCN(CCCCCCCCCCCCCCCC)C(=O)COCCOCCOC(=O)CCc1cnc[nH]1. The number of nitrogens with zero attached hydrogens (tertiary/aromatic N) is 2. The molecule has 0 aromatic carbocycles. The highest BCUT2D eigenvalue weighted by Gasteiger charge is 2.13. The highest BCUT2D eigenvalue weighted by Crippen LogP contribution is 2.15. The van der Waals surface area contributed by atoms with Crippen LogP contribution in [-0.4, -0.2) is 72.9 Å². The average Bonchev–Trinajstić information content (AvgIpc) is 3.68. The fraction of sp³-hybridized carbons (Fsp3) is 0.886. The predicted octanol–water partition coefficient (Wildman–Crippen LogP) is 11.7. The third-order valence-corrected chi connectivity index (χ3v) is 10.2. The van der Waals surface area contributed by atoms with Crippen LogP contribution in [0.4, 0.5) is 0 Å². The maximum Gasteiger partial charge on any atom is 0.306 e. The van der Waals surface area contributed by atoms with Crippen LogP contribution < -0.4 is 0 Å². The first-order valence-electron chi connectivity index (χ1n) is 22.2. The molecular weight excluding hydrogens is 651 g/mol. The maximum absolute atomic E-state index is 13.1. The Morgan fingerprint density at radius 1 is 0.558 bits per heavy atom. The Balaban J connectivity index is 2.17. The summed E-state index contributed by atoms with van der Waals surface area (Å²) in [5, 5.41) is 0. The van der Waals surface area contributed by atoms with Gasteiger partial charge >= 0.3 is 5.97 Å². The van der Waals surface area contributed by atoms with E-state index in [1.54, 1.807) is 12.5 Å². The molecule has 304 valence electrons. The van der Waals surface area contributed by atoms with Gasteiger partial charge in [0.2, 0.25) is 5.91 Å². The minimum Gasteiger partial charge on any atom is -0.463 e. The number of esters is 1. The molecule has 1 rings (SSSR count). The Kier molecular flexibility index (Phi) is 35.9. The molecule has 0 fully saturated rings. The molecule has 0 spiro atoms. The summed E-state index contributed by atoms with van der Waals surface area (Å²) in [5.41, 5.74) is 0.914. The number of hydrogen-bond acceptors (Lipinski definition) is 6. The summed E-state index contributed by atoms with van der Waals surface area (Å²) in [6.45, 7) is 7.59. The second-order valence-corrected chi connectivity index (χ2v) is 15.0. The molecule has 0 unspecified atom stereocenters. The molecule has 0 aliphatic rings. The number of rotatable bonds is 41. The summed E-state index contributed by atoms with van der Waals surface area (Å²) in [5.74, 6) is -0.159. The summed E-state index contributed by atoms with van der Waals surface area (Å²) in [4.78, 5) is 34.0. The number of unbranched alkanes of at least 4 members (excludes halogenated alkanes) is 26. The van der Waals surface area contributed by atoms with Crippen LogP contribution >= 0.6 is 0 Å². The van der Waals surface area contributed by atoms with Gasteiger partial charge in [-0.3, -0.25) is 9.59 Å². The number of nitrogens with one attached hydrogen (secondary N) is 1. The summed E-state index contributed by atoms with van der Waals surface area (Å²) in [6, 6.07) is 0. The third kappa shape index (κ3) is 32.7. The fourth-order valence-corrected chi connectivity index (χ4v) is 6.77. The van der Waals surface area contributed by atoms with Crippen LogP contribution in [0.25, 0.3) is 0 Å². The summed E-state index contributed by atoms with van der Waals surface area (Å²) in [7, 11) is 0. The maximum atomic E-state index is 13.1. The Morgan fingerprint density at radius 2 is 0.962 bits per heavy atom. The van der Waals surface area contributed by atoms with Crippen LogP contribution in [0.1, 0.15) is 206 Å². The van der Waals surface area contributed by atoms with E-state index in [0.29, 0.717) is 32.7 Å². The van der Waals surface area contributed by atoms with E-state index < -0.39 is 0 Å². The number of imidazole rings is 1. The van der Waals surface area contributed by atoms with Gasteiger partial charge in [-0.2, -0.15) is 0 Å². The Bertz CT molecular complexity index is 849. The molecule has 1 aromatic heterocycles. The number of H-pyrrole nitrogens is 1. The lowest BCUT2D eigenvalue weighted by atomic mass is 10.0. The molecule has 0 aliphatic carbocycles. The van der Waals surface area contributed by atoms with Crippen molar-refractivity contribution in [2.75, 3.05) is 46.1 Å². The van der Waals surface area contributed by atoms with Crippen LogP contribution in [0.15, 0.2) is 12.5 Å². The predicted molar refractivity (Wildman–Crippen MR) is 217 cm³/mol. The molecule has 0 saturated carbocycles. The van der Waals surface area contributed by atoms with E-state index in [-0.39, 0.29) is 25.1 Å². The van der Waals surface area contributed by atoms with Crippen molar-refractivity contribution in [1.82, 2.24) is 14.9 Å². The molecule has 8 heteroatoms. The highest BCUT2D eigenvalue weighted by atomic mass is 16.6. The van der Waals surface area contributed by atoms with E-state index in [0.717, 1.165) is 31.6 Å². The largest absolute Gasteiger partial charge is 0.463 e. The summed E-state index contributed by atoms with van der Waals surface area (Å²) < 4.78 is 16.5. The molecule has 1 N–H and O–H groups in total. The lowest BCUT2D eigenvalue weighted by Gasteiger charge is -2.23. The zero-order valence-electron chi connectivity index (χ0n) is 34.3. The average molecular weight is 734 g/mol. The van der Waals surface area contributed by atoms with Gasteiger partial charge in [0.05, 0.1) is 32.6 Å². The summed E-state index contributed by atoms with van der Waals surface area (Å²) in [6.07, 6.45) is 41.7. The monoisotopic (exact) mass is 734 g/mol. The van der Waals surface area contributed by atoms with Gasteiger partial charge in [0.15, 0.2) is 0 Å². The number of hydrogen-bond donors (Lipinski definition) is 1. The van der Waals surface area contributed by atoms with E-state index in [2.05, 4.69) is 23.8 Å². The number of ether oxygens (including phenoxy) is 3. The van der Waals surface area contributed by atoms with Crippen LogP contribution in [0.3, 0.4) is 0 Å². The topological polar surface area (TPSA) is 93.8 Å². The third-order valence-electron chi connectivity index (χ3n) is 10.2. The molecule has 0 saturated heterocycles. The summed E-state index contributed by atoms with van der Waals surface area (Å²) >= 11 is 0. The molecule has 1 aromatic rings. The van der Waals surface area contributed by atoms with E-state index in [9.17, 15) is 9.59 Å². The second kappa shape index (κ2) is 38.8. The van der Waals surface area contributed by atoms with E-state index >= 15 is 0 Å². The standard InChI is InChI=1S/C44H83N3O5/c1-3-5-7-9-11-13-15-17-19-21-23-25-27-29-33-47(34-30-28-26-24-22-20-18-16-14-12-10-8-6-4-2)43(48)40-51-36-35-50-37-38-52-44(49)32-31-42-39-45-41-46-42/h39,41H,3-38,40H2,1-2H3,(H,45,46). The number of amides is 1. The fourth-order valence-electron chi connectivity index (χ4n) is 6.77. The molecule has 1 heterocycles. The van der Waals surface area contributed by atoms with Crippen LogP contribution in [0, 0.1) is 0 Å². The highest BCUT2D eigenvalue weighted by molar-refractivity contribution is 5.77. The van der Waals surface area contributed by atoms with Gasteiger partial charge in [-0.15, -0.1) is 0 Å². The van der Waals surface area contributed by atoms with Crippen molar-refractivity contribution in [3.63, 3.8) is 0 Å². The van der Waals surface area contributed by atoms with Gasteiger partial charge in [-0.1, -0.05) is 181 Å². The first-order chi connectivity index (χ1) is 25.7. The van der Waals surface area contributed by atoms with E-state index in [1.165, 1.54) is 167 Å². The van der Waals surface area contributed by atoms with Gasteiger partial charge in [0.1, 0.15) is 13.2 Å². The van der Waals surface area contributed by atoms with E-state index in [1.807, 2.05) is 4.90 Å². The Labute approximate surface area is 320 Å². The van der Waals surface area contributed by atoms with Gasteiger partial charge in [0.25, 0.3) is 0 Å². The minimum atomic E-state index is -0.252. The van der Waals surface area contributed by atoms with Gasteiger partial charge in [-0.05, 0) is 19.3 Å². The molecule has 0 bridgehead atoms. The first kappa shape index (κ1) is 48.1. The first-order valence-corrected chi connectivity index (χ1v) is 22.2. The second-order valence-electron chi connectivity index (χ2n) is 15.0. The van der Waals surface area contributed by atoms with Gasteiger partial charge in [-0.25, -0.2) is 4.98 Å². The molecule has 8 nitrogen and oxygen atoms in total. The number of carbonyl (C=O) groups is 2. The zero-order valence-corrected chi connectivity index (χ0v) is 34.3. The van der Waals surface area contributed by atoms with Crippen molar-refractivity contribution in [2.45, 2.75) is 206 Å². The van der Waals surface area contributed by atoms with Crippen molar-refractivity contribution in [1.29, 1.82) is 0 Å². The molecule has 52 heavy (non-hydrogen) atoms. The number of aryl methyl sites for hydroxylation is 1. The van der Waals surface area contributed by atoms with Crippen LogP contribution in [-0.2, 0) is 30.2 Å². The molecule has 1 amide bonds. The molecular formula is C44H83N3O5. The molecule has 0 atom stereocenters. The van der Waals surface area contributed by atoms with Crippen molar-refractivity contribution in [3.05, 3.63) is 18.2 Å². The van der Waals surface area contributed by atoms with Crippen molar-refractivity contribution >= 4 is 11.9 Å². The Hall–Kier alpha value is -1.93. The van der Waals surface area contributed by atoms with Crippen molar-refractivity contribution < 1.29 is 23.8 Å². The minimum absolute atomic E-state index is 0.0931. The Morgan fingerprint density at radius 3 is 1.38 bits per heavy atom. The lowest BCUT2D eigenvalue weighted by molar-refractivity contribution is -0.145.